The Hall–Kier alpha value is -1.71. The molecule has 4 nitrogen and oxygen atoms in total. The maximum atomic E-state index is 10.9. The Bertz CT molecular complexity index is 404. The average molecular weight is 206 g/mol. The van der Waals surface area contributed by atoms with Gasteiger partial charge in [-0.1, -0.05) is 6.92 Å². The van der Waals surface area contributed by atoms with Gasteiger partial charge in [0.05, 0.1) is 11.3 Å². The zero-order valence-electron chi connectivity index (χ0n) is 8.53. The lowest BCUT2D eigenvalue weighted by atomic mass is 10.1. The highest BCUT2D eigenvalue weighted by molar-refractivity contribution is 5.95. The number of carboxylic acids is 1. The highest BCUT2D eigenvalue weighted by Crippen LogP contribution is 2.34. The summed E-state index contributed by atoms with van der Waals surface area (Å²) >= 11 is 0. The molecule has 1 aliphatic carbocycles. The smallest absolute Gasteiger partial charge is 0.337 e. The van der Waals surface area contributed by atoms with Crippen molar-refractivity contribution in [3.8, 4) is 0 Å². The first-order valence-corrected chi connectivity index (χ1v) is 4.97. The second-order valence-corrected chi connectivity index (χ2v) is 4.07. The molecule has 1 aromatic carbocycles. The van der Waals surface area contributed by atoms with Crippen molar-refractivity contribution in [3.05, 3.63) is 23.8 Å². The van der Waals surface area contributed by atoms with E-state index < -0.39 is 5.97 Å². The Balaban J connectivity index is 2.26. The summed E-state index contributed by atoms with van der Waals surface area (Å²) in [5, 5.41) is 12.2. The fraction of sp³-hybridized carbons (Fsp3) is 0.364. The first-order chi connectivity index (χ1) is 7.08. The van der Waals surface area contributed by atoms with Gasteiger partial charge in [-0.15, -0.1) is 0 Å². The fourth-order valence-corrected chi connectivity index (χ4v) is 1.59. The van der Waals surface area contributed by atoms with Crippen LogP contribution in [-0.4, -0.2) is 17.1 Å². The number of rotatable bonds is 3. The number of nitrogen functional groups attached to an aromatic ring is 1. The lowest BCUT2D eigenvalue weighted by molar-refractivity contribution is 0.0698. The van der Waals surface area contributed by atoms with Gasteiger partial charge in [0.2, 0.25) is 0 Å². The van der Waals surface area contributed by atoms with E-state index in [1.54, 1.807) is 12.1 Å². The third-order valence-corrected chi connectivity index (χ3v) is 2.72. The Kier molecular flexibility index (Phi) is 2.26. The highest BCUT2D eigenvalue weighted by Gasteiger charge is 2.33. The van der Waals surface area contributed by atoms with Crippen LogP contribution in [0.2, 0.25) is 0 Å². The molecule has 0 aromatic heterocycles. The van der Waals surface area contributed by atoms with E-state index in [0.717, 1.165) is 6.42 Å². The largest absolute Gasteiger partial charge is 0.478 e. The van der Waals surface area contributed by atoms with Crippen LogP contribution in [0.5, 0.6) is 0 Å². The van der Waals surface area contributed by atoms with Gasteiger partial charge in [0.25, 0.3) is 0 Å². The van der Waals surface area contributed by atoms with Crippen LogP contribution < -0.4 is 11.1 Å². The predicted molar refractivity (Wildman–Crippen MR) is 59.0 cm³/mol. The molecular weight excluding hydrogens is 192 g/mol. The van der Waals surface area contributed by atoms with Crippen LogP contribution in [0.25, 0.3) is 0 Å². The molecule has 80 valence electrons. The molecule has 1 saturated carbocycles. The summed E-state index contributed by atoms with van der Waals surface area (Å²) < 4.78 is 0. The van der Waals surface area contributed by atoms with E-state index in [-0.39, 0.29) is 5.56 Å². The molecule has 0 amide bonds. The Morgan fingerprint density at radius 1 is 1.60 bits per heavy atom. The molecule has 4 N–H and O–H groups in total. The number of carboxylic acid groups (broad SMARTS) is 1. The van der Waals surface area contributed by atoms with E-state index in [4.69, 9.17) is 10.8 Å². The number of benzene rings is 1. The second-order valence-electron chi connectivity index (χ2n) is 4.07. The van der Waals surface area contributed by atoms with Crippen molar-refractivity contribution < 1.29 is 9.90 Å². The minimum absolute atomic E-state index is 0.281. The highest BCUT2D eigenvalue weighted by atomic mass is 16.4. The molecule has 0 aliphatic heterocycles. The molecule has 1 aromatic rings. The monoisotopic (exact) mass is 206 g/mol. The quantitative estimate of drug-likeness (QED) is 0.659. The maximum absolute atomic E-state index is 10.9. The van der Waals surface area contributed by atoms with Gasteiger partial charge < -0.3 is 16.2 Å². The minimum atomic E-state index is -0.925. The number of anilines is 2. The standard InChI is InChI=1S/C11H14N2O2/c1-6-4-9(6)13-10-5-7(12)2-3-8(10)11(14)15/h2-3,5-6,9,13H,4,12H2,1H3,(H,14,15). The molecule has 2 rings (SSSR count). The molecule has 1 fully saturated rings. The van der Waals surface area contributed by atoms with Crippen LogP contribution in [0.1, 0.15) is 23.7 Å². The summed E-state index contributed by atoms with van der Waals surface area (Å²) in [7, 11) is 0. The molecule has 15 heavy (non-hydrogen) atoms. The molecule has 0 heterocycles. The number of nitrogens with one attached hydrogen (secondary N) is 1. The zero-order valence-corrected chi connectivity index (χ0v) is 8.53. The van der Waals surface area contributed by atoms with Gasteiger partial charge in [0, 0.05) is 11.7 Å². The normalized spacial score (nSPS) is 23.5. The summed E-state index contributed by atoms with van der Waals surface area (Å²) in [6, 6.07) is 5.21. The summed E-state index contributed by atoms with van der Waals surface area (Å²) in [5.74, 6) is -0.307. The summed E-state index contributed by atoms with van der Waals surface area (Å²) in [4.78, 5) is 10.9. The first-order valence-electron chi connectivity index (χ1n) is 4.97. The van der Waals surface area contributed by atoms with Crippen LogP contribution in [0, 0.1) is 5.92 Å². The van der Waals surface area contributed by atoms with E-state index in [2.05, 4.69) is 12.2 Å². The van der Waals surface area contributed by atoms with Crippen LogP contribution in [0.15, 0.2) is 18.2 Å². The van der Waals surface area contributed by atoms with E-state index >= 15 is 0 Å². The van der Waals surface area contributed by atoms with Gasteiger partial charge >= 0.3 is 5.97 Å². The third-order valence-electron chi connectivity index (χ3n) is 2.72. The van der Waals surface area contributed by atoms with Gasteiger partial charge in [-0.3, -0.25) is 0 Å². The van der Waals surface area contributed by atoms with Gasteiger partial charge in [-0.2, -0.15) is 0 Å². The zero-order chi connectivity index (χ0) is 11.0. The van der Waals surface area contributed by atoms with Crippen molar-refractivity contribution in [3.63, 3.8) is 0 Å². The average Bonchev–Trinajstić information content (AvgIpc) is 2.81. The lowest BCUT2D eigenvalue weighted by Crippen LogP contribution is -2.09. The molecule has 1 aliphatic rings. The van der Waals surface area contributed by atoms with Gasteiger partial charge in [-0.25, -0.2) is 4.79 Å². The second kappa shape index (κ2) is 3.46. The molecule has 0 spiro atoms. The summed E-state index contributed by atoms with van der Waals surface area (Å²) in [5.41, 5.74) is 7.11. The summed E-state index contributed by atoms with van der Waals surface area (Å²) in [6.07, 6.45) is 1.09. The summed E-state index contributed by atoms with van der Waals surface area (Å²) in [6.45, 7) is 2.13. The van der Waals surface area contributed by atoms with Crippen molar-refractivity contribution in [2.75, 3.05) is 11.1 Å². The molecule has 0 saturated heterocycles. The molecular formula is C11H14N2O2. The fourth-order valence-electron chi connectivity index (χ4n) is 1.59. The van der Waals surface area contributed by atoms with E-state index in [1.807, 2.05) is 0 Å². The van der Waals surface area contributed by atoms with Gasteiger partial charge in [0.15, 0.2) is 0 Å². The van der Waals surface area contributed by atoms with Crippen molar-refractivity contribution >= 4 is 17.3 Å². The third kappa shape index (κ3) is 2.03. The number of nitrogens with two attached hydrogens (primary N) is 1. The van der Waals surface area contributed by atoms with Crippen LogP contribution in [0.3, 0.4) is 0 Å². The molecule has 4 heteroatoms. The first kappa shape index (κ1) is 9.83. The van der Waals surface area contributed by atoms with Crippen molar-refractivity contribution in [1.82, 2.24) is 0 Å². The van der Waals surface area contributed by atoms with Crippen molar-refractivity contribution in [2.45, 2.75) is 19.4 Å². The topological polar surface area (TPSA) is 75.3 Å². The number of hydrogen-bond donors (Lipinski definition) is 3. The molecule has 2 atom stereocenters. The lowest BCUT2D eigenvalue weighted by Gasteiger charge is -2.09. The van der Waals surface area contributed by atoms with Gasteiger partial charge in [-0.05, 0) is 30.5 Å². The van der Waals surface area contributed by atoms with Crippen molar-refractivity contribution in [2.24, 2.45) is 5.92 Å². The van der Waals surface area contributed by atoms with Crippen molar-refractivity contribution in [1.29, 1.82) is 0 Å². The number of carbonyl (C=O) groups is 1. The van der Waals surface area contributed by atoms with E-state index in [1.165, 1.54) is 6.07 Å². The molecule has 0 bridgehead atoms. The van der Waals surface area contributed by atoms with Crippen LogP contribution in [0.4, 0.5) is 11.4 Å². The Morgan fingerprint density at radius 2 is 2.27 bits per heavy atom. The Labute approximate surface area is 88.1 Å². The molecule has 2 unspecified atom stereocenters. The Morgan fingerprint density at radius 3 is 2.80 bits per heavy atom. The number of hydrogen-bond acceptors (Lipinski definition) is 3. The predicted octanol–water partition coefficient (Wildman–Crippen LogP) is 1.79. The van der Waals surface area contributed by atoms with Gasteiger partial charge in [0.1, 0.15) is 0 Å². The minimum Gasteiger partial charge on any atom is -0.478 e. The van der Waals surface area contributed by atoms with E-state index in [0.29, 0.717) is 23.3 Å². The van der Waals surface area contributed by atoms with Crippen LogP contribution in [-0.2, 0) is 0 Å². The van der Waals surface area contributed by atoms with E-state index in [9.17, 15) is 4.79 Å². The molecule has 0 radical (unpaired) electrons. The maximum Gasteiger partial charge on any atom is 0.337 e. The SMILES string of the molecule is CC1CC1Nc1cc(N)ccc1C(=O)O. The number of aromatic carboxylic acids is 1. The van der Waals surface area contributed by atoms with Crippen LogP contribution >= 0.6 is 0 Å².